The summed E-state index contributed by atoms with van der Waals surface area (Å²) in [5, 5.41) is 10.4. The maximum Gasteiger partial charge on any atom is 0.490 e. The predicted octanol–water partition coefficient (Wildman–Crippen LogP) is 2.57. The summed E-state index contributed by atoms with van der Waals surface area (Å²) < 4.78 is 72.1. The van der Waals surface area contributed by atoms with Gasteiger partial charge in [0, 0.05) is 57.4 Å². The second-order valence-corrected chi connectivity index (χ2v) is 11.2. The molecule has 1 fully saturated rings. The molecule has 0 unspecified atom stereocenters. The number of alkyl halides is 3. The zero-order valence-electron chi connectivity index (χ0n) is 24.7. The molecule has 240 valence electrons. The highest BCUT2D eigenvalue weighted by molar-refractivity contribution is 7.92. The summed E-state index contributed by atoms with van der Waals surface area (Å²) >= 11 is 0. The first-order chi connectivity index (χ1) is 20.1. The van der Waals surface area contributed by atoms with Gasteiger partial charge >= 0.3 is 12.1 Å². The highest BCUT2D eigenvalue weighted by Gasteiger charge is 2.38. The van der Waals surface area contributed by atoms with Crippen molar-refractivity contribution in [3.63, 3.8) is 0 Å². The standard InChI is InChI=1S/C25H37N5O5S.C2HF3O2/c1-6-29(16-15-28(2)3)25(31)19-7-9-22(30-13-11-26-12-14-30)21(17-19)27-36(32,33)24-18-20(34-4)8-10-23(24)35-5;3-2(4,5)1(6)7/h7-10,17-18,26-27H,6,11-16H2,1-5H3;(H,6,7). The Bertz CT molecular complexity index is 1350. The lowest BCUT2D eigenvalue weighted by molar-refractivity contribution is -0.192. The van der Waals surface area contributed by atoms with Gasteiger partial charge in [-0.25, -0.2) is 13.2 Å². The SMILES string of the molecule is CCN(CCN(C)C)C(=O)c1ccc(N2CCNCC2)c(NS(=O)(=O)c2cc(OC)ccc2OC)c1.O=C(O)C(F)(F)F. The van der Waals surface area contributed by atoms with Crippen molar-refractivity contribution in [2.45, 2.75) is 18.0 Å². The molecule has 12 nitrogen and oxygen atoms in total. The molecular weight excluding hydrogens is 595 g/mol. The van der Waals surface area contributed by atoms with Crippen LogP contribution in [0.2, 0.25) is 0 Å². The number of hydrogen-bond donors (Lipinski definition) is 3. The van der Waals surface area contributed by atoms with E-state index in [0.29, 0.717) is 43.2 Å². The van der Waals surface area contributed by atoms with Gasteiger partial charge in [-0.15, -0.1) is 0 Å². The fourth-order valence-electron chi connectivity index (χ4n) is 4.03. The molecule has 0 atom stereocenters. The van der Waals surface area contributed by atoms with Gasteiger partial charge in [0.05, 0.1) is 25.6 Å². The van der Waals surface area contributed by atoms with Crippen LogP contribution in [0.15, 0.2) is 41.3 Å². The quantitative estimate of drug-likeness (QED) is 0.338. The lowest BCUT2D eigenvalue weighted by atomic mass is 10.1. The summed E-state index contributed by atoms with van der Waals surface area (Å²) in [6.45, 7) is 6.78. The minimum atomic E-state index is -5.08. The maximum atomic E-state index is 13.6. The van der Waals surface area contributed by atoms with E-state index in [1.54, 1.807) is 29.2 Å². The average molecular weight is 634 g/mol. The van der Waals surface area contributed by atoms with Gasteiger partial charge in [-0.05, 0) is 51.4 Å². The molecule has 1 heterocycles. The second-order valence-electron chi connectivity index (χ2n) is 9.58. The van der Waals surface area contributed by atoms with E-state index < -0.39 is 22.2 Å². The number of anilines is 2. The molecule has 0 spiro atoms. The Balaban J connectivity index is 0.000000821. The van der Waals surface area contributed by atoms with Crippen LogP contribution in [-0.4, -0.2) is 116 Å². The van der Waals surface area contributed by atoms with Crippen LogP contribution >= 0.6 is 0 Å². The molecule has 0 saturated carbocycles. The van der Waals surface area contributed by atoms with Crippen LogP contribution in [0, 0.1) is 0 Å². The zero-order valence-corrected chi connectivity index (χ0v) is 25.5. The van der Waals surface area contributed by atoms with Gasteiger partial charge < -0.3 is 34.6 Å². The van der Waals surface area contributed by atoms with Crippen molar-refractivity contribution >= 4 is 33.3 Å². The third kappa shape index (κ3) is 10.2. The van der Waals surface area contributed by atoms with E-state index in [-0.39, 0.29) is 16.6 Å². The van der Waals surface area contributed by atoms with Crippen molar-refractivity contribution in [1.29, 1.82) is 0 Å². The fourth-order valence-corrected chi connectivity index (χ4v) is 5.28. The first kappa shape index (κ1) is 35.4. The number of rotatable bonds is 11. The largest absolute Gasteiger partial charge is 0.497 e. The van der Waals surface area contributed by atoms with Crippen molar-refractivity contribution in [2.24, 2.45) is 0 Å². The molecule has 1 amide bonds. The summed E-state index contributed by atoms with van der Waals surface area (Å²) in [5.41, 5.74) is 1.48. The minimum absolute atomic E-state index is 0.0477. The number of benzene rings is 2. The summed E-state index contributed by atoms with van der Waals surface area (Å²) in [6, 6.07) is 9.81. The van der Waals surface area contributed by atoms with Crippen molar-refractivity contribution in [3.8, 4) is 11.5 Å². The third-order valence-corrected chi connectivity index (χ3v) is 7.72. The number of sulfonamides is 1. The minimum Gasteiger partial charge on any atom is -0.497 e. The van der Waals surface area contributed by atoms with E-state index in [2.05, 4.69) is 14.9 Å². The molecule has 0 aliphatic carbocycles. The van der Waals surface area contributed by atoms with E-state index in [1.807, 2.05) is 32.0 Å². The van der Waals surface area contributed by atoms with Crippen LogP contribution in [0.5, 0.6) is 11.5 Å². The number of carboxylic acids is 1. The summed E-state index contributed by atoms with van der Waals surface area (Å²) in [4.78, 5) is 28.0. The second kappa shape index (κ2) is 15.6. The molecule has 0 aromatic heterocycles. The van der Waals surface area contributed by atoms with E-state index in [4.69, 9.17) is 19.4 Å². The van der Waals surface area contributed by atoms with Gasteiger partial charge in [0.1, 0.15) is 16.4 Å². The number of carbonyl (C=O) groups is 2. The summed E-state index contributed by atoms with van der Waals surface area (Å²) in [7, 11) is 2.74. The maximum absolute atomic E-state index is 13.6. The third-order valence-electron chi connectivity index (χ3n) is 6.33. The molecule has 3 N–H and O–H groups in total. The fraction of sp³-hybridized carbons (Fsp3) is 0.481. The Morgan fingerprint density at radius 3 is 2.19 bits per heavy atom. The number of halogens is 3. The molecule has 43 heavy (non-hydrogen) atoms. The number of hydrogen-bond acceptors (Lipinski definition) is 9. The molecule has 1 aliphatic heterocycles. The van der Waals surface area contributed by atoms with Crippen LogP contribution in [0.1, 0.15) is 17.3 Å². The number of ether oxygens (including phenoxy) is 2. The molecule has 3 rings (SSSR count). The Labute approximate surface area is 249 Å². The Kier molecular flexibility index (Phi) is 12.9. The van der Waals surface area contributed by atoms with E-state index in [0.717, 1.165) is 25.3 Å². The first-order valence-electron chi connectivity index (χ1n) is 13.2. The molecule has 2 aromatic carbocycles. The molecular formula is C27H38F3N5O7S. The van der Waals surface area contributed by atoms with E-state index >= 15 is 0 Å². The Morgan fingerprint density at radius 2 is 1.67 bits per heavy atom. The number of carbonyl (C=O) groups excluding carboxylic acids is 1. The summed E-state index contributed by atoms with van der Waals surface area (Å²) in [5.74, 6) is -2.32. The van der Waals surface area contributed by atoms with Crippen molar-refractivity contribution in [1.82, 2.24) is 15.1 Å². The number of piperazine rings is 1. The van der Waals surface area contributed by atoms with Crippen molar-refractivity contribution < 1.29 is 45.8 Å². The zero-order chi connectivity index (χ0) is 32.4. The van der Waals surface area contributed by atoms with Crippen molar-refractivity contribution in [3.05, 3.63) is 42.0 Å². The topological polar surface area (TPSA) is 141 Å². The number of nitrogens with one attached hydrogen (secondary N) is 2. The first-order valence-corrected chi connectivity index (χ1v) is 14.7. The molecule has 1 aliphatic rings. The molecule has 1 saturated heterocycles. The molecule has 16 heteroatoms. The van der Waals surface area contributed by atoms with Gasteiger partial charge in [0.25, 0.3) is 15.9 Å². The smallest absolute Gasteiger partial charge is 0.490 e. The van der Waals surface area contributed by atoms with E-state index in [9.17, 15) is 26.4 Å². The monoisotopic (exact) mass is 633 g/mol. The van der Waals surface area contributed by atoms with Crippen LogP contribution in [-0.2, 0) is 14.8 Å². The molecule has 0 bridgehead atoms. The number of carboxylic acid groups (broad SMARTS) is 1. The lowest BCUT2D eigenvalue weighted by Crippen LogP contribution is -2.44. The highest BCUT2D eigenvalue weighted by Crippen LogP contribution is 2.34. The van der Waals surface area contributed by atoms with Crippen LogP contribution < -0.4 is 24.4 Å². The van der Waals surface area contributed by atoms with Crippen LogP contribution in [0.3, 0.4) is 0 Å². The number of likely N-dealkylation sites (N-methyl/N-ethyl adjacent to an activating group) is 2. The van der Waals surface area contributed by atoms with Crippen LogP contribution in [0.25, 0.3) is 0 Å². The molecule has 0 radical (unpaired) electrons. The van der Waals surface area contributed by atoms with Crippen LogP contribution in [0.4, 0.5) is 24.5 Å². The predicted molar refractivity (Wildman–Crippen MR) is 156 cm³/mol. The Hall–Kier alpha value is -3.76. The summed E-state index contributed by atoms with van der Waals surface area (Å²) in [6.07, 6.45) is -5.08. The van der Waals surface area contributed by atoms with Crippen molar-refractivity contribution in [2.75, 3.05) is 83.8 Å². The van der Waals surface area contributed by atoms with Gasteiger partial charge in [-0.1, -0.05) is 0 Å². The van der Waals surface area contributed by atoms with Gasteiger partial charge in [0.2, 0.25) is 0 Å². The van der Waals surface area contributed by atoms with Gasteiger partial charge in [-0.2, -0.15) is 13.2 Å². The number of nitrogens with zero attached hydrogens (tertiary/aromatic N) is 3. The van der Waals surface area contributed by atoms with Gasteiger partial charge in [-0.3, -0.25) is 9.52 Å². The molecule has 2 aromatic rings. The Morgan fingerprint density at radius 1 is 1.05 bits per heavy atom. The lowest BCUT2D eigenvalue weighted by Gasteiger charge is -2.31. The van der Waals surface area contributed by atoms with E-state index in [1.165, 1.54) is 20.3 Å². The number of methoxy groups -OCH3 is 2. The average Bonchev–Trinajstić information content (AvgIpc) is 2.96. The number of aliphatic carboxylic acids is 1. The number of amides is 1. The highest BCUT2D eigenvalue weighted by atomic mass is 32.2. The van der Waals surface area contributed by atoms with Gasteiger partial charge in [0.15, 0.2) is 0 Å². The normalized spacial score (nSPS) is 13.6.